The van der Waals surface area contributed by atoms with Crippen LogP contribution in [-0.4, -0.2) is 28.7 Å². The molecule has 8 heteroatoms. The molecule has 0 saturated carbocycles. The fourth-order valence-corrected chi connectivity index (χ4v) is 2.78. The van der Waals surface area contributed by atoms with E-state index in [2.05, 4.69) is 20.5 Å². The van der Waals surface area contributed by atoms with E-state index in [1.807, 2.05) is 31.2 Å². The predicted molar refractivity (Wildman–Crippen MR) is 105 cm³/mol. The van der Waals surface area contributed by atoms with Crippen molar-refractivity contribution in [2.75, 3.05) is 6.61 Å². The van der Waals surface area contributed by atoms with Gasteiger partial charge in [0.25, 0.3) is 5.91 Å². The van der Waals surface area contributed by atoms with Gasteiger partial charge in [0.1, 0.15) is 11.3 Å². The topological polar surface area (TPSA) is 110 Å². The summed E-state index contributed by atoms with van der Waals surface area (Å²) in [5, 5.41) is 4.68. The number of H-pyrrole nitrogens is 1. The first-order valence-corrected chi connectivity index (χ1v) is 8.52. The zero-order chi connectivity index (χ0) is 19.5. The minimum atomic E-state index is -0.432. The lowest BCUT2D eigenvalue weighted by atomic mass is 10.1. The zero-order valence-electron chi connectivity index (χ0n) is 14.9. The third-order valence-electron chi connectivity index (χ3n) is 4.08. The number of imidazole rings is 1. The molecule has 0 fully saturated rings. The number of amides is 1. The Hall–Kier alpha value is -3.94. The van der Waals surface area contributed by atoms with E-state index in [9.17, 15) is 9.59 Å². The third kappa shape index (κ3) is 3.75. The first kappa shape index (κ1) is 17.5. The summed E-state index contributed by atoms with van der Waals surface area (Å²) in [5.41, 5.74) is 4.87. The summed E-state index contributed by atoms with van der Waals surface area (Å²) in [7, 11) is 0. The molecule has 8 nitrogen and oxygen atoms in total. The van der Waals surface area contributed by atoms with Crippen LogP contribution in [0.1, 0.15) is 11.4 Å². The number of nitrogens with one attached hydrogen (secondary N) is 2. The number of fused-ring (bicyclic) bond motifs is 2. The second kappa shape index (κ2) is 7.36. The number of hydrogen-bond donors (Lipinski definition) is 2. The summed E-state index contributed by atoms with van der Waals surface area (Å²) in [5.74, 6) is 0.512. The molecule has 2 aromatic carbocycles. The fraction of sp³-hybridized carbons (Fsp3) is 0.100. The van der Waals surface area contributed by atoms with E-state index < -0.39 is 11.5 Å². The van der Waals surface area contributed by atoms with Crippen LogP contribution in [0.5, 0.6) is 5.75 Å². The van der Waals surface area contributed by atoms with Crippen molar-refractivity contribution in [1.29, 1.82) is 0 Å². The van der Waals surface area contributed by atoms with E-state index >= 15 is 0 Å². The van der Waals surface area contributed by atoms with E-state index in [0.29, 0.717) is 17.2 Å². The molecule has 0 aliphatic rings. The van der Waals surface area contributed by atoms with Gasteiger partial charge in [0.2, 0.25) is 0 Å². The second-order valence-corrected chi connectivity index (χ2v) is 6.13. The van der Waals surface area contributed by atoms with Crippen LogP contribution in [0, 0.1) is 6.92 Å². The van der Waals surface area contributed by atoms with Crippen molar-refractivity contribution in [3.05, 3.63) is 70.3 Å². The van der Waals surface area contributed by atoms with Gasteiger partial charge in [-0.15, -0.1) is 0 Å². The van der Waals surface area contributed by atoms with Crippen LogP contribution in [-0.2, 0) is 4.79 Å². The van der Waals surface area contributed by atoms with Crippen molar-refractivity contribution in [3.8, 4) is 5.75 Å². The third-order valence-corrected chi connectivity index (χ3v) is 4.08. The van der Waals surface area contributed by atoms with Gasteiger partial charge in [-0.05, 0) is 36.8 Å². The Labute approximate surface area is 158 Å². The van der Waals surface area contributed by atoms with E-state index in [1.54, 1.807) is 18.2 Å². The molecule has 140 valence electrons. The number of benzene rings is 2. The van der Waals surface area contributed by atoms with Crippen molar-refractivity contribution in [3.63, 3.8) is 0 Å². The molecule has 0 aliphatic heterocycles. The Bertz CT molecular complexity index is 1220. The molecule has 0 unspecified atom stereocenters. The van der Waals surface area contributed by atoms with E-state index in [1.165, 1.54) is 12.3 Å². The number of carbonyl (C=O) groups is 1. The Morgan fingerprint density at radius 1 is 1.29 bits per heavy atom. The first-order chi connectivity index (χ1) is 13.6. The normalized spacial score (nSPS) is 11.3. The van der Waals surface area contributed by atoms with Crippen molar-refractivity contribution < 1.29 is 13.9 Å². The fourth-order valence-electron chi connectivity index (χ4n) is 2.78. The number of aromatic amines is 1. The molecule has 0 saturated heterocycles. The van der Waals surface area contributed by atoms with Crippen molar-refractivity contribution in [1.82, 2.24) is 15.4 Å². The molecular weight excluding hydrogens is 360 g/mol. The molecule has 4 aromatic rings. The Morgan fingerprint density at radius 2 is 2.14 bits per heavy atom. The molecule has 0 radical (unpaired) electrons. The molecule has 2 aromatic heterocycles. The summed E-state index contributed by atoms with van der Waals surface area (Å²) >= 11 is 0. The van der Waals surface area contributed by atoms with Gasteiger partial charge >= 0.3 is 5.63 Å². The summed E-state index contributed by atoms with van der Waals surface area (Å²) in [6.07, 6.45) is 1.42. The lowest BCUT2D eigenvalue weighted by molar-refractivity contribution is -0.123. The van der Waals surface area contributed by atoms with Gasteiger partial charge in [-0.3, -0.25) is 4.79 Å². The monoisotopic (exact) mass is 376 g/mol. The molecule has 0 spiro atoms. The van der Waals surface area contributed by atoms with Crippen LogP contribution in [0.2, 0.25) is 0 Å². The van der Waals surface area contributed by atoms with Crippen LogP contribution in [0.25, 0.3) is 22.0 Å². The van der Waals surface area contributed by atoms with Gasteiger partial charge in [0.05, 0.1) is 17.2 Å². The van der Waals surface area contributed by atoms with E-state index in [-0.39, 0.29) is 6.61 Å². The Morgan fingerprint density at radius 3 is 3.00 bits per heavy atom. The number of nitrogens with zero attached hydrogens (tertiary/aromatic N) is 2. The SMILES string of the molecule is Cc1cc(=O)oc2cc(OCC(=O)N/N=C\c3nc4ccccc4[nH]3)ccc12. The maximum Gasteiger partial charge on any atom is 0.336 e. The lowest BCUT2D eigenvalue weighted by Crippen LogP contribution is -2.24. The average molecular weight is 376 g/mol. The maximum atomic E-state index is 11.9. The summed E-state index contributed by atoms with van der Waals surface area (Å²) < 4.78 is 10.6. The highest BCUT2D eigenvalue weighted by molar-refractivity contribution is 5.85. The minimum Gasteiger partial charge on any atom is -0.484 e. The Kier molecular flexibility index (Phi) is 4.59. The van der Waals surface area contributed by atoms with Gasteiger partial charge in [-0.25, -0.2) is 15.2 Å². The van der Waals surface area contributed by atoms with E-state index in [0.717, 1.165) is 22.0 Å². The molecule has 28 heavy (non-hydrogen) atoms. The predicted octanol–water partition coefficient (Wildman–Crippen LogP) is 2.51. The van der Waals surface area contributed by atoms with Crippen LogP contribution >= 0.6 is 0 Å². The number of ether oxygens (including phenoxy) is 1. The molecule has 2 heterocycles. The minimum absolute atomic E-state index is 0.237. The highest BCUT2D eigenvalue weighted by Crippen LogP contribution is 2.22. The number of hydrogen-bond acceptors (Lipinski definition) is 6. The van der Waals surface area contributed by atoms with Gasteiger partial charge in [0.15, 0.2) is 12.4 Å². The first-order valence-electron chi connectivity index (χ1n) is 8.52. The molecular formula is C20H16N4O4. The largest absolute Gasteiger partial charge is 0.484 e. The maximum absolute atomic E-state index is 11.9. The molecule has 4 rings (SSSR count). The molecule has 0 bridgehead atoms. The second-order valence-electron chi connectivity index (χ2n) is 6.13. The van der Waals surface area contributed by atoms with Crippen LogP contribution in [0.4, 0.5) is 0 Å². The lowest BCUT2D eigenvalue weighted by Gasteiger charge is -2.06. The van der Waals surface area contributed by atoms with Crippen molar-refractivity contribution in [2.24, 2.45) is 5.10 Å². The quantitative estimate of drug-likeness (QED) is 0.316. The highest BCUT2D eigenvalue weighted by Gasteiger charge is 2.06. The van der Waals surface area contributed by atoms with Gasteiger partial charge < -0.3 is 14.1 Å². The summed E-state index contributed by atoms with van der Waals surface area (Å²) in [6.45, 7) is 1.59. The molecule has 2 N–H and O–H groups in total. The summed E-state index contributed by atoms with van der Waals surface area (Å²) in [6, 6.07) is 14.1. The number of aryl methyl sites for hydroxylation is 1. The standard InChI is InChI=1S/C20H16N4O4/c1-12-8-20(26)28-17-9-13(6-7-14(12)17)27-11-19(25)24-21-10-18-22-15-4-2-3-5-16(15)23-18/h2-10H,11H2,1H3,(H,22,23)(H,24,25)/b21-10-. The number of para-hydroxylation sites is 2. The number of hydrazone groups is 1. The van der Waals surface area contributed by atoms with Gasteiger partial charge in [0, 0.05) is 17.5 Å². The van der Waals surface area contributed by atoms with Gasteiger partial charge in [-0.2, -0.15) is 5.10 Å². The molecule has 0 atom stereocenters. The van der Waals surface area contributed by atoms with Crippen LogP contribution in [0.3, 0.4) is 0 Å². The number of rotatable bonds is 5. The zero-order valence-corrected chi connectivity index (χ0v) is 14.9. The molecule has 0 aliphatic carbocycles. The van der Waals surface area contributed by atoms with Crippen LogP contribution in [0.15, 0.2) is 62.8 Å². The van der Waals surface area contributed by atoms with Crippen molar-refractivity contribution in [2.45, 2.75) is 6.92 Å². The van der Waals surface area contributed by atoms with Gasteiger partial charge in [-0.1, -0.05) is 12.1 Å². The average Bonchev–Trinajstić information content (AvgIpc) is 3.08. The smallest absolute Gasteiger partial charge is 0.336 e. The molecule has 1 amide bonds. The highest BCUT2D eigenvalue weighted by atomic mass is 16.5. The van der Waals surface area contributed by atoms with Crippen molar-refractivity contribution >= 4 is 34.1 Å². The Balaban J connectivity index is 1.36. The number of carbonyl (C=O) groups excluding carboxylic acids is 1. The summed E-state index contributed by atoms with van der Waals surface area (Å²) in [4.78, 5) is 30.8. The van der Waals surface area contributed by atoms with Crippen LogP contribution < -0.4 is 15.8 Å². The van der Waals surface area contributed by atoms with E-state index in [4.69, 9.17) is 9.15 Å². The number of aromatic nitrogens is 2.